The van der Waals surface area contributed by atoms with Gasteiger partial charge in [0.15, 0.2) is 6.39 Å². The van der Waals surface area contributed by atoms with Gasteiger partial charge in [-0.25, -0.2) is 4.98 Å². The molecular formula is C8H8NO. The van der Waals surface area contributed by atoms with Gasteiger partial charge in [0, 0.05) is 0 Å². The first-order chi connectivity index (χ1) is 4.93. The third kappa shape index (κ3) is 1.90. The number of oxazole rings is 1. The van der Waals surface area contributed by atoms with Crippen LogP contribution in [0.4, 0.5) is 0 Å². The van der Waals surface area contributed by atoms with Crippen LogP contribution in [-0.2, 0) is 0 Å². The monoisotopic (exact) mass is 134 g/mol. The van der Waals surface area contributed by atoms with Crippen molar-refractivity contribution in [2.75, 3.05) is 0 Å². The highest BCUT2D eigenvalue weighted by Gasteiger charge is 1.84. The molecule has 1 aromatic heterocycles. The van der Waals surface area contributed by atoms with Crippen LogP contribution in [0.1, 0.15) is 5.76 Å². The molecule has 0 N–H and O–H groups in total. The van der Waals surface area contributed by atoms with E-state index in [1.807, 2.05) is 18.2 Å². The normalized spacial score (nSPS) is 11.7. The quantitative estimate of drug-likeness (QED) is 0.579. The van der Waals surface area contributed by atoms with E-state index in [1.165, 1.54) is 6.39 Å². The van der Waals surface area contributed by atoms with Crippen LogP contribution in [0, 0.1) is 6.92 Å². The topological polar surface area (TPSA) is 26.0 Å². The summed E-state index contributed by atoms with van der Waals surface area (Å²) in [6.07, 6.45) is 10.2. The summed E-state index contributed by atoms with van der Waals surface area (Å²) < 4.78 is 4.93. The van der Waals surface area contributed by atoms with Gasteiger partial charge in [-0.15, -0.1) is 0 Å². The van der Waals surface area contributed by atoms with Crippen molar-refractivity contribution < 1.29 is 4.42 Å². The van der Waals surface area contributed by atoms with Crippen molar-refractivity contribution in [1.82, 2.24) is 4.98 Å². The first-order valence-corrected chi connectivity index (χ1v) is 2.94. The molecule has 0 spiro atoms. The summed E-state index contributed by atoms with van der Waals surface area (Å²) in [6, 6.07) is 0. The van der Waals surface area contributed by atoms with Gasteiger partial charge in [0.25, 0.3) is 0 Å². The van der Waals surface area contributed by atoms with Gasteiger partial charge in [-0.3, -0.25) is 0 Å². The van der Waals surface area contributed by atoms with Crippen molar-refractivity contribution in [3.63, 3.8) is 0 Å². The molecule has 0 aliphatic rings. The Hall–Kier alpha value is -1.31. The van der Waals surface area contributed by atoms with Gasteiger partial charge in [-0.2, -0.15) is 0 Å². The number of aromatic nitrogens is 1. The highest BCUT2D eigenvalue weighted by molar-refractivity contribution is 5.43. The van der Waals surface area contributed by atoms with Crippen LogP contribution in [0.3, 0.4) is 0 Å². The molecule has 0 unspecified atom stereocenters. The minimum absolute atomic E-state index is 0.748. The summed E-state index contributed by atoms with van der Waals surface area (Å²) in [5, 5.41) is 0. The van der Waals surface area contributed by atoms with Crippen molar-refractivity contribution in [2.24, 2.45) is 0 Å². The Morgan fingerprint density at radius 2 is 2.40 bits per heavy atom. The standard InChI is InChI=1S/C8H8NO/c1-2-3-4-5-8-6-9-7-10-8/h2-7H,1H2. The lowest BCUT2D eigenvalue weighted by molar-refractivity contribution is 0.548. The molecule has 0 aliphatic heterocycles. The van der Waals surface area contributed by atoms with Gasteiger partial charge >= 0.3 is 0 Å². The Morgan fingerprint density at radius 1 is 1.50 bits per heavy atom. The summed E-state index contributed by atoms with van der Waals surface area (Å²) >= 11 is 0. The van der Waals surface area contributed by atoms with Gasteiger partial charge in [-0.1, -0.05) is 18.2 Å². The van der Waals surface area contributed by atoms with Gasteiger partial charge in [0.05, 0.1) is 6.20 Å². The third-order valence-corrected chi connectivity index (χ3v) is 0.959. The predicted molar refractivity (Wildman–Crippen MR) is 40.0 cm³/mol. The molecule has 0 atom stereocenters. The lowest BCUT2D eigenvalue weighted by Crippen LogP contribution is -1.57. The van der Waals surface area contributed by atoms with Crippen molar-refractivity contribution in [2.45, 2.75) is 0 Å². The average Bonchev–Trinajstić information content (AvgIpc) is 2.41. The van der Waals surface area contributed by atoms with Gasteiger partial charge < -0.3 is 4.42 Å². The number of hydrogen-bond acceptors (Lipinski definition) is 2. The molecule has 2 heteroatoms. The predicted octanol–water partition coefficient (Wildman–Crippen LogP) is 2.08. The summed E-state index contributed by atoms with van der Waals surface area (Å²) in [4.78, 5) is 3.74. The Kier molecular flexibility index (Phi) is 2.49. The zero-order valence-electron chi connectivity index (χ0n) is 5.53. The van der Waals surface area contributed by atoms with E-state index in [1.54, 1.807) is 12.3 Å². The summed E-state index contributed by atoms with van der Waals surface area (Å²) in [6.45, 7) is 3.53. The van der Waals surface area contributed by atoms with E-state index in [0.29, 0.717) is 0 Å². The molecule has 0 fully saturated rings. The molecule has 0 aromatic carbocycles. The van der Waals surface area contributed by atoms with Crippen LogP contribution in [0.25, 0.3) is 6.08 Å². The molecule has 51 valence electrons. The number of rotatable bonds is 2. The van der Waals surface area contributed by atoms with Crippen LogP contribution in [0.15, 0.2) is 35.2 Å². The van der Waals surface area contributed by atoms with Crippen LogP contribution >= 0.6 is 0 Å². The Morgan fingerprint density at radius 3 is 3.00 bits per heavy atom. The second-order valence-corrected chi connectivity index (χ2v) is 1.69. The smallest absolute Gasteiger partial charge is 0.181 e. The number of nitrogens with zero attached hydrogens (tertiary/aromatic N) is 1. The molecule has 1 heterocycles. The Balaban J connectivity index is 2.55. The van der Waals surface area contributed by atoms with E-state index in [4.69, 9.17) is 4.42 Å². The lowest BCUT2D eigenvalue weighted by Gasteiger charge is -1.76. The Bertz CT molecular complexity index is 221. The minimum atomic E-state index is 0.748. The molecule has 1 rings (SSSR count). The van der Waals surface area contributed by atoms with Gasteiger partial charge in [0.1, 0.15) is 5.76 Å². The van der Waals surface area contributed by atoms with E-state index < -0.39 is 0 Å². The molecule has 10 heavy (non-hydrogen) atoms. The summed E-state index contributed by atoms with van der Waals surface area (Å²) in [7, 11) is 0. The first-order valence-electron chi connectivity index (χ1n) is 2.94. The minimum Gasteiger partial charge on any atom is -0.444 e. The fourth-order valence-electron chi connectivity index (χ4n) is 0.537. The second-order valence-electron chi connectivity index (χ2n) is 1.69. The maximum atomic E-state index is 4.93. The van der Waals surface area contributed by atoms with Gasteiger partial charge in [-0.05, 0) is 13.0 Å². The Labute approximate surface area is 59.9 Å². The second kappa shape index (κ2) is 3.67. The van der Waals surface area contributed by atoms with Crippen LogP contribution in [0.5, 0.6) is 0 Å². The van der Waals surface area contributed by atoms with E-state index in [9.17, 15) is 0 Å². The van der Waals surface area contributed by atoms with E-state index in [0.717, 1.165) is 5.76 Å². The highest BCUT2D eigenvalue weighted by atomic mass is 16.3. The molecule has 2 nitrogen and oxygen atoms in total. The van der Waals surface area contributed by atoms with Crippen molar-refractivity contribution in [3.05, 3.63) is 43.5 Å². The van der Waals surface area contributed by atoms with E-state index >= 15 is 0 Å². The van der Waals surface area contributed by atoms with Crippen molar-refractivity contribution >= 4 is 6.08 Å². The molecule has 0 bridgehead atoms. The van der Waals surface area contributed by atoms with Crippen LogP contribution in [0.2, 0.25) is 0 Å². The highest BCUT2D eigenvalue weighted by Crippen LogP contribution is 1.98. The number of allylic oxidation sites excluding steroid dienone is 3. The average molecular weight is 134 g/mol. The van der Waals surface area contributed by atoms with E-state index in [2.05, 4.69) is 11.9 Å². The maximum absolute atomic E-state index is 4.93. The lowest BCUT2D eigenvalue weighted by atomic mass is 10.4. The molecule has 1 aromatic rings. The SMILES string of the molecule is [CH2]C=CC=Cc1cnco1. The molecule has 0 amide bonds. The van der Waals surface area contributed by atoms with E-state index in [-0.39, 0.29) is 0 Å². The van der Waals surface area contributed by atoms with Crippen molar-refractivity contribution in [3.8, 4) is 0 Å². The zero-order chi connectivity index (χ0) is 7.23. The molecular weight excluding hydrogens is 126 g/mol. The van der Waals surface area contributed by atoms with Crippen molar-refractivity contribution in [1.29, 1.82) is 0 Å². The van der Waals surface area contributed by atoms with Gasteiger partial charge in [0.2, 0.25) is 0 Å². The molecule has 0 saturated heterocycles. The van der Waals surface area contributed by atoms with Crippen LogP contribution < -0.4 is 0 Å². The number of hydrogen-bond donors (Lipinski definition) is 0. The maximum Gasteiger partial charge on any atom is 0.181 e. The van der Waals surface area contributed by atoms with Crippen LogP contribution in [-0.4, -0.2) is 4.98 Å². The molecule has 1 radical (unpaired) electrons. The molecule has 0 aliphatic carbocycles. The third-order valence-electron chi connectivity index (χ3n) is 0.959. The zero-order valence-corrected chi connectivity index (χ0v) is 5.53. The fourth-order valence-corrected chi connectivity index (χ4v) is 0.537. The molecule has 0 saturated carbocycles. The summed E-state index contributed by atoms with van der Waals surface area (Å²) in [5.41, 5.74) is 0. The summed E-state index contributed by atoms with van der Waals surface area (Å²) in [5.74, 6) is 0.748. The first kappa shape index (κ1) is 6.81. The largest absolute Gasteiger partial charge is 0.444 e. The fraction of sp³-hybridized carbons (Fsp3) is 0.